The summed E-state index contributed by atoms with van der Waals surface area (Å²) in [6.45, 7) is 3.87. The van der Waals surface area contributed by atoms with Crippen LogP contribution in [0.5, 0.6) is 0 Å². The van der Waals surface area contributed by atoms with E-state index in [9.17, 15) is 19.7 Å². The number of non-ortho nitro benzene ring substituents is 1. The number of esters is 2. The van der Waals surface area contributed by atoms with Gasteiger partial charge in [0.25, 0.3) is 5.69 Å². The second kappa shape index (κ2) is 10.6. The van der Waals surface area contributed by atoms with Crippen LogP contribution in [0.1, 0.15) is 36.3 Å². The van der Waals surface area contributed by atoms with Gasteiger partial charge >= 0.3 is 11.9 Å². The van der Waals surface area contributed by atoms with Gasteiger partial charge in [-0.15, -0.1) is 11.3 Å². The van der Waals surface area contributed by atoms with Crippen LogP contribution in [0.4, 0.5) is 5.69 Å². The molecule has 2 aromatic rings. The fraction of sp³-hybridized carbons (Fsp3) is 0.333. The van der Waals surface area contributed by atoms with E-state index in [-0.39, 0.29) is 16.8 Å². The SMILES string of the molecule is COC(=O)C1=C(C)NC(C)=C(C(=O)OC(CN(C)C)c2cccs2)C1c1cccc([N+](=O)[O-])c1. The summed E-state index contributed by atoms with van der Waals surface area (Å²) in [5.41, 5.74) is 1.67. The van der Waals surface area contributed by atoms with Gasteiger partial charge in [0.05, 0.1) is 29.1 Å². The Bertz CT molecular complexity index is 1150. The first-order valence-electron chi connectivity index (χ1n) is 10.5. The summed E-state index contributed by atoms with van der Waals surface area (Å²) in [4.78, 5) is 40.1. The van der Waals surface area contributed by atoms with Crippen LogP contribution in [0.3, 0.4) is 0 Å². The van der Waals surface area contributed by atoms with Crippen LogP contribution in [0.2, 0.25) is 0 Å². The van der Waals surface area contributed by atoms with E-state index < -0.39 is 28.9 Å². The average molecular weight is 486 g/mol. The van der Waals surface area contributed by atoms with Gasteiger partial charge in [0, 0.05) is 34.9 Å². The molecule has 0 radical (unpaired) electrons. The lowest BCUT2D eigenvalue weighted by Crippen LogP contribution is -2.33. The molecule has 9 nitrogen and oxygen atoms in total. The van der Waals surface area contributed by atoms with Gasteiger partial charge < -0.3 is 19.7 Å². The maximum Gasteiger partial charge on any atom is 0.337 e. The van der Waals surface area contributed by atoms with Gasteiger partial charge in [0.15, 0.2) is 0 Å². The number of hydrogen-bond donors (Lipinski definition) is 1. The molecule has 0 amide bonds. The Hall–Kier alpha value is -3.50. The zero-order valence-corrected chi connectivity index (χ0v) is 20.5. The van der Waals surface area contributed by atoms with E-state index in [1.165, 1.54) is 36.6 Å². The van der Waals surface area contributed by atoms with E-state index in [0.29, 0.717) is 23.5 Å². The number of allylic oxidation sites excluding steroid dienone is 2. The molecule has 1 aromatic carbocycles. The number of methoxy groups -OCH3 is 1. The molecule has 2 heterocycles. The third-order valence-electron chi connectivity index (χ3n) is 5.44. The molecule has 0 saturated heterocycles. The number of ether oxygens (including phenoxy) is 2. The Morgan fingerprint density at radius 3 is 2.38 bits per heavy atom. The van der Waals surface area contributed by atoms with Crippen molar-refractivity contribution in [1.82, 2.24) is 10.2 Å². The van der Waals surface area contributed by atoms with Crippen molar-refractivity contribution in [3.63, 3.8) is 0 Å². The molecule has 3 rings (SSSR count). The largest absolute Gasteiger partial charge is 0.466 e. The summed E-state index contributed by atoms with van der Waals surface area (Å²) in [7, 11) is 5.02. The first-order valence-corrected chi connectivity index (χ1v) is 11.4. The quantitative estimate of drug-likeness (QED) is 0.340. The number of benzene rings is 1. The van der Waals surface area contributed by atoms with Crippen molar-refractivity contribution in [3.8, 4) is 0 Å². The van der Waals surface area contributed by atoms with Crippen molar-refractivity contribution in [2.24, 2.45) is 0 Å². The van der Waals surface area contributed by atoms with Gasteiger partial charge in [-0.1, -0.05) is 18.2 Å². The lowest BCUT2D eigenvalue weighted by molar-refractivity contribution is -0.384. The number of dihydropyridines is 1. The van der Waals surface area contributed by atoms with Crippen LogP contribution in [0.15, 0.2) is 64.3 Å². The molecule has 0 aliphatic carbocycles. The van der Waals surface area contributed by atoms with Crippen LogP contribution in [-0.2, 0) is 19.1 Å². The third-order valence-corrected chi connectivity index (χ3v) is 6.41. The number of hydrogen-bond acceptors (Lipinski definition) is 9. The monoisotopic (exact) mass is 485 g/mol. The molecule has 180 valence electrons. The maximum absolute atomic E-state index is 13.6. The summed E-state index contributed by atoms with van der Waals surface area (Å²) in [5.74, 6) is -2.15. The van der Waals surface area contributed by atoms with E-state index in [4.69, 9.17) is 9.47 Å². The molecule has 0 fully saturated rings. The number of rotatable bonds is 8. The Morgan fingerprint density at radius 1 is 1.15 bits per heavy atom. The third kappa shape index (κ3) is 5.35. The van der Waals surface area contributed by atoms with Crippen molar-refractivity contribution >= 4 is 29.0 Å². The highest BCUT2D eigenvalue weighted by Gasteiger charge is 2.39. The van der Waals surface area contributed by atoms with Gasteiger partial charge in [-0.25, -0.2) is 9.59 Å². The minimum atomic E-state index is -0.899. The number of likely N-dealkylation sites (N-methyl/N-ethyl adjacent to an activating group) is 1. The van der Waals surface area contributed by atoms with Gasteiger partial charge in [0.2, 0.25) is 0 Å². The average Bonchev–Trinajstić information content (AvgIpc) is 3.32. The van der Waals surface area contributed by atoms with E-state index in [0.717, 1.165) is 4.88 Å². The normalized spacial score (nSPS) is 16.8. The molecule has 2 unspecified atom stereocenters. The highest BCUT2D eigenvalue weighted by atomic mass is 32.1. The second-order valence-electron chi connectivity index (χ2n) is 8.15. The topological polar surface area (TPSA) is 111 Å². The zero-order chi connectivity index (χ0) is 25.0. The standard InChI is InChI=1S/C24H27N3O6S/c1-14-20(23(28)32-5)22(16-8-6-9-17(12-16)27(30)31)21(15(2)25-14)24(29)33-18(13-26(3)4)19-10-7-11-34-19/h6-12,18,22,25H,13H2,1-5H3. The van der Waals surface area contributed by atoms with Crippen molar-refractivity contribution in [2.45, 2.75) is 25.9 Å². The lowest BCUT2D eigenvalue weighted by atomic mass is 9.80. The highest BCUT2D eigenvalue weighted by Crippen LogP contribution is 2.41. The Morgan fingerprint density at radius 2 is 1.82 bits per heavy atom. The summed E-state index contributed by atoms with van der Waals surface area (Å²) in [5, 5.41) is 16.4. The first-order chi connectivity index (χ1) is 16.1. The Kier molecular flexibility index (Phi) is 7.85. The molecule has 34 heavy (non-hydrogen) atoms. The number of carbonyl (C=O) groups excluding carboxylic acids is 2. The molecule has 10 heteroatoms. The number of nitrogens with one attached hydrogen (secondary N) is 1. The molecule has 1 aliphatic heterocycles. The highest BCUT2D eigenvalue weighted by molar-refractivity contribution is 7.10. The predicted octanol–water partition coefficient (Wildman–Crippen LogP) is 3.91. The van der Waals surface area contributed by atoms with E-state index in [1.807, 2.05) is 36.5 Å². The molecule has 1 aliphatic rings. The molecule has 1 N–H and O–H groups in total. The van der Waals surface area contributed by atoms with Crippen LogP contribution < -0.4 is 5.32 Å². The summed E-state index contributed by atoms with van der Waals surface area (Å²) >= 11 is 1.48. The van der Waals surface area contributed by atoms with E-state index in [2.05, 4.69) is 5.32 Å². The fourth-order valence-electron chi connectivity index (χ4n) is 3.98. The van der Waals surface area contributed by atoms with Crippen LogP contribution in [0, 0.1) is 10.1 Å². The van der Waals surface area contributed by atoms with Crippen LogP contribution in [-0.4, -0.2) is 49.5 Å². The molecular weight excluding hydrogens is 458 g/mol. The van der Waals surface area contributed by atoms with Gasteiger partial charge in [-0.3, -0.25) is 10.1 Å². The van der Waals surface area contributed by atoms with Crippen molar-refractivity contribution in [2.75, 3.05) is 27.7 Å². The second-order valence-corrected chi connectivity index (χ2v) is 9.13. The molecule has 1 aromatic heterocycles. The first kappa shape index (κ1) is 25.1. The van der Waals surface area contributed by atoms with Gasteiger partial charge in [-0.2, -0.15) is 0 Å². The molecule has 0 spiro atoms. The lowest BCUT2D eigenvalue weighted by Gasteiger charge is -2.31. The van der Waals surface area contributed by atoms with Gasteiger partial charge in [0.1, 0.15) is 6.10 Å². The van der Waals surface area contributed by atoms with Crippen molar-refractivity contribution < 1.29 is 24.0 Å². The zero-order valence-electron chi connectivity index (χ0n) is 19.7. The number of nitro benzene ring substituents is 1. The minimum Gasteiger partial charge on any atom is -0.466 e. The summed E-state index contributed by atoms with van der Waals surface area (Å²) in [6.07, 6.45) is -0.526. The molecule has 0 saturated carbocycles. The minimum absolute atomic E-state index is 0.146. The van der Waals surface area contributed by atoms with E-state index >= 15 is 0 Å². The number of nitro groups is 1. The molecule has 2 atom stereocenters. The predicted molar refractivity (Wildman–Crippen MR) is 128 cm³/mol. The Balaban J connectivity index is 2.09. The summed E-state index contributed by atoms with van der Waals surface area (Å²) < 4.78 is 11.0. The van der Waals surface area contributed by atoms with E-state index in [1.54, 1.807) is 19.9 Å². The molecule has 0 bridgehead atoms. The number of nitrogens with zero attached hydrogens (tertiary/aromatic N) is 2. The van der Waals surface area contributed by atoms with Crippen molar-refractivity contribution in [3.05, 3.63) is 84.9 Å². The number of carbonyl (C=O) groups is 2. The van der Waals surface area contributed by atoms with Crippen molar-refractivity contribution in [1.29, 1.82) is 0 Å². The Labute approximate surface area is 201 Å². The molecular formula is C24H27N3O6S. The smallest absolute Gasteiger partial charge is 0.337 e. The van der Waals surface area contributed by atoms with Crippen LogP contribution in [0.25, 0.3) is 0 Å². The number of thiophene rings is 1. The van der Waals surface area contributed by atoms with Gasteiger partial charge in [-0.05, 0) is 45.0 Å². The maximum atomic E-state index is 13.6. The summed E-state index contributed by atoms with van der Waals surface area (Å²) in [6, 6.07) is 9.68. The fourth-order valence-corrected chi connectivity index (χ4v) is 4.73. The van der Waals surface area contributed by atoms with Crippen LogP contribution >= 0.6 is 11.3 Å².